The Morgan fingerprint density at radius 3 is 2.47 bits per heavy atom. The summed E-state index contributed by atoms with van der Waals surface area (Å²) < 4.78 is 7.99. The molecule has 5 rings (SSSR count). The van der Waals surface area contributed by atoms with Gasteiger partial charge in [0.2, 0.25) is 0 Å². The molecule has 1 aliphatic rings. The van der Waals surface area contributed by atoms with Gasteiger partial charge >= 0.3 is 0 Å². The average Bonchev–Trinajstić information content (AvgIpc) is 3.48. The number of thiazole rings is 1. The van der Waals surface area contributed by atoms with Crippen molar-refractivity contribution in [2.24, 2.45) is 0 Å². The number of aryl methyl sites for hydroxylation is 1. The Morgan fingerprint density at radius 2 is 1.81 bits per heavy atom. The Kier molecular flexibility index (Phi) is 9.52. The molecule has 1 amide bonds. The average molecular weight is 616 g/mol. The molecule has 2 aromatic heterocycles. The summed E-state index contributed by atoms with van der Waals surface area (Å²) in [4.78, 5) is 35.8. The Labute approximate surface area is 262 Å². The molecular weight excluding hydrogens is 578 g/mol. The summed E-state index contributed by atoms with van der Waals surface area (Å²) in [5.74, 6) is 0.534. The molecule has 0 spiro atoms. The highest BCUT2D eigenvalue weighted by molar-refractivity contribution is 7.13. The van der Waals surface area contributed by atoms with Gasteiger partial charge in [-0.25, -0.2) is 4.98 Å². The molecule has 0 atom stereocenters. The normalized spacial score (nSPS) is 13.3. The number of carbonyl (C=O) groups is 1. The number of likely N-dealkylation sites (tertiary alicyclic amines) is 1. The number of carbonyl (C=O) groups excluding carboxylic acids is 1. The first-order chi connectivity index (χ1) is 20.7. The van der Waals surface area contributed by atoms with Gasteiger partial charge in [-0.2, -0.15) is 0 Å². The van der Waals surface area contributed by atoms with E-state index in [1.807, 2.05) is 86.5 Å². The predicted molar refractivity (Wildman–Crippen MR) is 178 cm³/mol. The van der Waals surface area contributed by atoms with Gasteiger partial charge in [0.15, 0.2) is 0 Å². The fourth-order valence-corrected chi connectivity index (χ4v) is 6.43. The topological polar surface area (TPSA) is 64.4 Å². The van der Waals surface area contributed by atoms with Gasteiger partial charge in [0.25, 0.3) is 11.5 Å². The zero-order valence-electron chi connectivity index (χ0n) is 25.4. The molecule has 1 fully saturated rings. The van der Waals surface area contributed by atoms with E-state index in [1.165, 1.54) is 11.3 Å². The van der Waals surface area contributed by atoms with Crippen LogP contribution in [0.5, 0.6) is 5.75 Å². The molecule has 2 aromatic carbocycles. The zero-order chi connectivity index (χ0) is 30.7. The lowest BCUT2D eigenvalue weighted by atomic mass is 10.0. The van der Waals surface area contributed by atoms with Crippen LogP contribution in [0.3, 0.4) is 0 Å². The molecule has 0 radical (unpaired) electrons. The number of para-hydroxylation sites is 1. The molecule has 4 aromatic rings. The number of amides is 1. The van der Waals surface area contributed by atoms with Gasteiger partial charge in [0.1, 0.15) is 10.8 Å². The molecule has 0 saturated carbocycles. The molecule has 1 saturated heterocycles. The summed E-state index contributed by atoms with van der Waals surface area (Å²) >= 11 is 7.51. The number of hydrogen-bond donors (Lipinski definition) is 0. The Hall–Kier alpha value is -3.68. The number of halogens is 1. The zero-order valence-corrected chi connectivity index (χ0v) is 27.0. The number of allylic oxidation sites excluding steroid dienone is 1. The SMILES string of the molecule is CCc1cccc(OC(C)C)c1-n1c(C=C(C)C)c(C(=O)N2CCCCC2)cc(-c2nc(-c3ccc(Cl)cc3)cs2)c1=O. The molecule has 43 heavy (non-hydrogen) atoms. The van der Waals surface area contributed by atoms with Crippen LogP contribution in [-0.4, -0.2) is 39.6 Å². The van der Waals surface area contributed by atoms with Crippen molar-refractivity contribution in [2.45, 2.75) is 66.4 Å². The summed E-state index contributed by atoms with van der Waals surface area (Å²) in [7, 11) is 0. The van der Waals surface area contributed by atoms with Crippen LogP contribution < -0.4 is 10.3 Å². The van der Waals surface area contributed by atoms with Crippen molar-refractivity contribution in [2.75, 3.05) is 13.1 Å². The minimum absolute atomic E-state index is 0.0722. The lowest BCUT2D eigenvalue weighted by molar-refractivity contribution is 0.0723. The standard InChI is InChI=1S/C35H38ClN3O3S/c1-6-24-11-10-12-31(42-23(4)5)32(24)39-30(19-22(2)3)27(34(40)38-17-8-7-9-18-38)20-28(35(39)41)33-37-29(21-43-33)25-13-15-26(36)16-14-25/h10-16,19-21,23H,6-9,17-18H2,1-5H3. The van der Waals surface area contributed by atoms with Gasteiger partial charge in [-0.15, -0.1) is 11.3 Å². The van der Waals surface area contributed by atoms with Gasteiger partial charge in [-0.3, -0.25) is 14.2 Å². The first-order valence-electron chi connectivity index (χ1n) is 14.9. The third kappa shape index (κ3) is 6.63. The van der Waals surface area contributed by atoms with E-state index in [-0.39, 0.29) is 17.6 Å². The Bertz CT molecular complexity index is 1710. The second kappa shape index (κ2) is 13.3. The van der Waals surface area contributed by atoms with Gasteiger partial charge in [-0.05, 0) is 89.3 Å². The number of aromatic nitrogens is 2. The van der Waals surface area contributed by atoms with Crippen LogP contribution in [0.4, 0.5) is 0 Å². The quantitative estimate of drug-likeness (QED) is 0.199. The predicted octanol–water partition coefficient (Wildman–Crippen LogP) is 8.68. The van der Waals surface area contributed by atoms with Crippen LogP contribution >= 0.6 is 22.9 Å². The molecule has 6 nitrogen and oxygen atoms in total. The smallest absolute Gasteiger partial charge is 0.266 e. The number of piperidine rings is 1. The van der Waals surface area contributed by atoms with Crippen molar-refractivity contribution in [1.29, 1.82) is 0 Å². The molecule has 0 bridgehead atoms. The van der Waals surface area contributed by atoms with Crippen molar-refractivity contribution in [1.82, 2.24) is 14.5 Å². The van der Waals surface area contributed by atoms with E-state index in [0.717, 1.165) is 41.7 Å². The molecule has 8 heteroatoms. The summed E-state index contributed by atoms with van der Waals surface area (Å²) in [6.07, 6.45) is 5.57. The lowest BCUT2D eigenvalue weighted by Crippen LogP contribution is -2.37. The highest BCUT2D eigenvalue weighted by Crippen LogP contribution is 2.34. The number of rotatable bonds is 8. The van der Waals surface area contributed by atoms with E-state index in [0.29, 0.717) is 57.8 Å². The van der Waals surface area contributed by atoms with Crippen molar-refractivity contribution < 1.29 is 9.53 Å². The summed E-state index contributed by atoms with van der Waals surface area (Å²) in [5, 5.41) is 3.14. The molecule has 0 N–H and O–H groups in total. The van der Waals surface area contributed by atoms with E-state index in [2.05, 4.69) is 6.92 Å². The van der Waals surface area contributed by atoms with Crippen LogP contribution in [0, 0.1) is 0 Å². The van der Waals surface area contributed by atoms with E-state index in [4.69, 9.17) is 21.3 Å². The van der Waals surface area contributed by atoms with E-state index >= 15 is 0 Å². The summed E-state index contributed by atoms with van der Waals surface area (Å²) in [6.45, 7) is 11.4. The Balaban J connectivity index is 1.83. The van der Waals surface area contributed by atoms with Crippen molar-refractivity contribution in [3.05, 3.63) is 91.7 Å². The summed E-state index contributed by atoms with van der Waals surface area (Å²) in [5.41, 5.74) is 5.45. The first-order valence-corrected chi connectivity index (χ1v) is 16.2. The van der Waals surface area contributed by atoms with Crippen LogP contribution in [-0.2, 0) is 6.42 Å². The number of benzene rings is 2. The van der Waals surface area contributed by atoms with Crippen LogP contribution in [0.1, 0.15) is 75.5 Å². The highest BCUT2D eigenvalue weighted by atomic mass is 35.5. The molecule has 1 aliphatic heterocycles. The van der Waals surface area contributed by atoms with E-state index in [1.54, 1.807) is 10.6 Å². The van der Waals surface area contributed by atoms with Crippen molar-refractivity contribution in [3.63, 3.8) is 0 Å². The Morgan fingerprint density at radius 1 is 1.09 bits per heavy atom. The second-order valence-electron chi connectivity index (χ2n) is 11.4. The number of ether oxygens (including phenoxy) is 1. The maximum absolute atomic E-state index is 14.7. The lowest BCUT2D eigenvalue weighted by Gasteiger charge is -2.28. The maximum atomic E-state index is 14.7. The fourth-order valence-electron chi connectivity index (χ4n) is 5.47. The van der Waals surface area contributed by atoms with Crippen molar-refractivity contribution >= 4 is 34.9 Å². The largest absolute Gasteiger partial charge is 0.489 e. The third-order valence-corrected chi connectivity index (χ3v) is 8.59. The van der Waals surface area contributed by atoms with E-state index < -0.39 is 0 Å². The first kappa shape index (κ1) is 30.8. The van der Waals surface area contributed by atoms with Gasteiger partial charge in [0, 0.05) is 29.1 Å². The number of hydrogen-bond acceptors (Lipinski definition) is 5. The minimum atomic E-state index is -0.241. The van der Waals surface area contributed by atoms with E-state index in [9.17, 15) is 9.59 Å². The van der Waals surface area contributed by atoms with Crippen LogP contribution in [0.2, 0.25) is 5.02 Å². The minimum Gasteiger partial charge on any atom is -0.489 e. The second-order valence-corrected chi connectivity index (χ2v) is 12.7. The molecule has 0 unspecified atom stereocenters. The van der Waals surface area contributed by atoms with Gasteiger partial charge in [-0.1, -0.05) is 48.4 Å². The van der Waals surface area contributed by atoms with Crippen LogP contribution in [0.15, 0.2) is 64.3 Å². The summed E-state index contributed by atoms with van der Waals surface area (Å²) in [6, 6.07) is 15.1. The molecular formula is C35H38ClN3O3S. The molecule has 0 aliphatic carbocycles. The fraction of sp³-hybridized carbons (Fsp3) is 0.343. The number of nitrogens with zero attached hydrogens (tertiary/aromatic N) is 3. The molecule has 3 heterocycles. The number of pyridine rings is 1. The maximum Gasteiger partial charge on any atom is 0.266 e. The monoisotopic (exact) mass is 615 g/mol. The van der Waals surface area contributed by atoms with Crippen LogP contribution in [0.25, 0.3) is 33.6 Å². The van der Waals surface area contributed by atoms with Crippen molar-refractivity contribution in [3.8, 4) is 33.3 Å². The molecule has 224 valence electrons. The van der Waals surface area contributed by atoms with Gasteiger partial charge in [0.05, 0.1) is 34.3 Å². The highest BCUT2D eigenvalue weighted by Gasteiger charge is 2.28. The van der Waals surface area contributed by atoms with Gasteiger partial charge < -0.3 is 9.64 Å². The third-order valence-electron chi connectivity index (χ3n) is 7.46.